The third-order valence-corrected chi connectivity index (χ3v) is 4.24. The Hall–Kier alpha value is -0.280. The molecule has 2 rings (SSSR count). The van der Waals surface area contributed by atoms with Gasteiger partial charge in [0.15, 0.2) is 0 Å². The Morgan fingerprint density at radius 3 is 2.76 bits per heavy atom. The zero-order chi connectivity index (χ0) is 12.1. The molecule has 0 radical (unpaired) electrons. The Kier molecular flexibility index (Phi) is 5.11. The van der Waals surface area contributed by atoms with Crippen molar-refractivity contribution >= 4 is 17.5 Å². The van der Waals surface area contributed by atoms with Crippen LogP contribution in [0.2, 0.25) is 0 Å². The highest BCUT2D eigenvalue weighted by atomic mass is 35.5. The van der Waals surface area contributed by atoms with E-state index in [0.717, 1.165) is 32.3 Å². The lowest BCUT2D eigenvalue weighted by molar-refractivity contribution is -0.124. The van der Waals surface area contributed by atoms with Gasteiger partial charge in [-0.3, -0.25) is 4.79 Å². The van der Waals surface area contributed by atoms with Gasteiger partial charge in [-0.1, -0.05) is 19.3 Å². The molecule has 0 aromatic carbocycles. The molecular weight excluding hydrogens is 238 g/mol. The van der Waals surface area contributed by atoms with Crippen molar-refractivity contribution in [1.82, 2.24) is 5.32 Å². The van der Waals surface area contributed by atoms with Crippen LogP contribution in [0.15, 0.2) is 0 Å². The van der Waals surface area contributed by atoms with Crippen LogP contribution in [0.25, 0.3) is 0 Å². The van der Waals surface area contributed by atoms with E-state index >= 15 is 0 Å². The molecule has 98 valence electrons. The number of carbonyl (C=O) groups excluding carboxylic acids is 1. The van der Waals surface area contributed by atoms with E-state index in [2.05, 4.69) is 5.32 Å². The Morgan fingerprint density at radius 1 is 1.18 bits per heavy atom. The highest BCUT2D eigenvalue weighted by molar-refractivity contribution is 6.21. The summed E-state index contributed by atoms with van der Waals surface area (Å²) in [6.07, 6.45) is 8.37. The highest BCUT2D eigenvalue weighted by Crippen LogP contribution is 2.23. The zero-order valence-electron chi connectivity index (χ0n) is 10.3. The number of hydrogen-bond donors (Lipinski definition) is 1. The van der Waals surface area contributed by atoms with Gasteiger partial charge in [-0.05, 0) is 25.7 Å². The van der Waals surface area contributed by atoms with Gasteiger partial charge in [0.1, 0.15) is 0 Å². The van der Waals surface area contributed by atoms with Crippen LogP contribution in [0.1, 0.15) is 51.4 Å². The topological polar surface area (TPSA) is 38.3 Å². The molecule has 4 heteroatoms. The summed E-state index contributed by atoms with van der Waals surface area (Å²) < 4.78 is 5.47. The SMILES string of the molecule is O=C(CC1CCCO1)NC1CCCCCC1Cl. The molecule has 3 nitrogen and oxygen atoms in total. The van der Waals surface area contributed by atoms with E-state index in [1.165, 1.54) is 19.3 Å². The first-order valence-electron chi connectivity index (χ1n) is 6.81. The molecule has 3 atom stereocenters. The van der Waals surface area contributed by atoms with Gasteiger partial charge in [0.25, 0.3) is 0 Å². The van der Waals surface area contributed by atoms with Gasteiger partial charge < -0.3 is 10.1 Å². The summed E-state index contributed by atoms with van der Waals surface area (Å²) in [5.41, 5.74) is 0. The summed E-state index contributed by atoms with van der Waals surface area (Å²) in [5, 5.41) is 3.19. The van der Waals surface area contributed by atoms with Crippen LogP contribution >= 0.6 is 11.6 Å². The van der Waals surface area contributed by atoms with Crippen LogP contribution < -0.4 is 5.32 Å². The Labute approximate surface area is 108 Å². The normalized spacial score (nSPS) is 34.3. The molecule has 1 N–H and O–H groups in total. The Bertz CT molecular complexity index is 254. The van der Waals surface area contributed by atoms with Gasteiger partial charge in [0.05, 0.1) is 17.9 Å². The second kappa shape index (κ2) is 6.60. The van der Waals surface area contributed by atoms with Crippen LogP contribution in [-0.2, 0) is 9.53 Å². The number of carbonyl (C=O) groups is 1. The summed E-state index contributed by atoms with van der Waals surface area (Å²) in [7, 11) is 0. The van der Waals surface area contributed by atoms with Gasteiger partial charge in [-0.25, -0.2) is 0 Å². The maximum atomic E-state index is 11.9. The van der Waals surface area contributed by atoms with Gasteiger partial charge in [0, 0.05) is 12.6 Å². The predicted molar refractivity (Wildman–Crippen MR) is 68.2 cm³/mol. The average Bonchev–Trinajstić information content (AvgIpc) is 2.71. The summed E-state index contributed by atoms with van der Waals surface area (Å²) in [4.78, 5) is 11.9. The second-order valence-electron chi connectivity index (χ2n) is 5.17. The van der Waals surface area contributed by atoms with E-state index in [9.17, 15) is 4.79 Å². The van der Waals surface area contributed by atoms with E-state index in [4.69, 9.17) is 16.3 Å². The Morgan fingerprint density at radius 2 is 2.00 bits per heavy atom. The van der Waals surface area contributed by atoms with Crippen molar-refractivity contribution in [2.45, 2.75) is 68.9 Å². The van der Waals surface area contributed by atoms with Crippen LogP contribution in [0.3, 0.4) is 0 Å². The van der Waals surface area contributed by atoms with Crippen molar-refractivity contribution in [1.29, 1.82) is 0 Å². The molecule has 1 saturated carbocycles. The fourth-order valence-corrected chi connectivity index (χ4v) is 3.05. The molecule has 3 unspecified atom stereocenters. The van der Waals surface area contributed by atoms with E-state index < -0.39 is 0 Å². The third kappa shape index (κ3) is 4.14. The predicted octanol–water partition coefficient (Wildman–Crippen LogP) is 2.61. The molecule has 0 aromatic rings. The fourth-order valence-electron chi connectivity index (χ4n) is 2.70. The first-order chi connectivity index (χ1) is 8.25. The largest absolute Gasteiger partial charge is 0.378 e. The lowest BCUT2D eigenvalue weighted by Crippen LogP contribution is -2.41. The number of rotatable bonds is 3. The average molecular weight is 260 g/mol. The van der Waals surface area contributed by atoms with Crippen LogP contribution in [0.4, 0.5) is 0 Å². The van der Waals surface area contributed by atoms with Crippen molar-refractivity contribution < 1.29 is 9.53 Å². The van der Waals surface area contributed by atoms with Gasteiger partial charge in [-0.2, -0.15) is 0 Å². The quantitative estimate of drug-likeness (QED) is 0.625. The number of halogens is 1. The molecule has 0 bridgehead atoms. The standard InChI is InChI=1S/C13H22ClNO2/c14-11-6-2-1-3-7-12(11)15-13(16)9-10-5-4-8-17-10/h10-12H,1-9H2,(H,15,16). The fraction of sp³-hybridized carbons (Fsp3) is 0.923. The lowest BCUT2D eigenvalue weighted by Gasteiger charge is -2.22. The molecule has 0 spiro atoms. The van der Waals surface area contributed by atoms with E-state index in [1.807, 2.05) is 0 Å². The molecular formula is C13H22ClNO2. The Balaban J connectivity index is 1.75. The number of amides is 1. The minimum absolute atomic E-state index is 0.103. The summed E-state index contributed by atoms with van der Waals surface area (Å²) >= 11 is 6.30. The van der Waals surface area contributed by atoms with Crippen LogP contribution in [0, 0.1) is 0 Å². The molecule has 1 saturated heterocycles. The molecule has 2 fully saturated rings. The van der Waals surface area contributed by atoms with Crippen molar-refractivity contribution in [2.24, 2.45) is 0 Å². The first kappa shape index (κ1) is 13.2. The van der Waals surface area contributed by atoms with Gasteiger partial charge >= 0.3 is 0 Å². The van der Waals surface area contributed by atoms with Crippen molar-refractivity contribution in [3.8, 4) is 0 Å². The second-order valence-corrected chi connectivity index (χ2v) is 5.73. The summed E-state index contributed by atoms with van der Waals surface area (Å²) in [6.45, 7) is 0.805. The van der Waals surface area contributed by atoms with Crippen LogP contribution in [0.5, 0.6) is 0 Å². The minimum atomic E-state index is 0.103. The molecule has 0 aromatic heterocycles. The molecule has 1 amide bonds. The number of alkyl halides is 1. The molecule has 1 heterocycles. The number of nitrogens with one attached hydrogen (secondary N) is 1. The van der Waals surface area contributed by atoms with Crippen molar-refractivity contribution in [3.05, 3.63) is 0 Å². The van der Waals surface area contributed by atoms with Crippen molar-refractivity contribution in [3.63, 3.8) is 0 Å². The van der Waals surface area contributed by atoms with Gasteiger partial charge in [-0.15, -0.1) is 11.6 Å². The highest BCUT2D eigenvalue weighted by Gasteiger charge is 2.25. The summed E-state index contributed by atoms with van der Waals surface area (Å²) in [6, 6.07) is 0.160. The molecule has 2 aliphatic rings. The smallest absolute Gasteiger partial charge is 0.222 e. The maximum Gasteiger partial charge on any atom is 0.222 e. The van der Waals surface area contributed by atoms with E-state index in [-0.39, 0.29) is 23.4 Å². The monoisotopic (exact) mass is 259 g/mol. The molecule has 1 aliphatic carbocycles. The van der Waals surface area contributed by atoms with E-state index in [1.54, 1.807) is 0 Å². The number of ether oxygens (including phenoxy) is 1. The van der Waals surface area contributed by atoms with Gasteiger partial charge in [0.2, 0.25) is 5.91 Å². The zero-order valence-corrected chi connectivity index (χ0v) is 11.0. The lowest BCUT2D eigenvalue weighted by atomic mass is 10.1. The first-order valence-corrected chi connectivity index (χ1v) is 7.24. The number of hydrogen-bond acceptors (Lipinski definition) is 2. The molecule has 1 aliphatic heterocycles. The maximum absolute atomic E-state index is 11.9. The third-order valence-electron chi connectivity index (χ3n) is 3.72. The minimum Gasteiger partial charge on any atom is -0.378 e. The summed E-state index contributed by atoms with van der Waals surface area (Å²) in [5.74, 6) is 0.106. The van der Waals surface area contributed by atoms with E-state index in [0.29, 0.717) is 6.42 Å². The molecule has 17 heavy (non-hydrogen) atoms. The van der Waals surface area contributed by atoms with Crippen molar-refractivity contribution in [2.75, 3.05) is 6.61 Å². The van der Waals surface area contributed by atoms with Crippen LogP contribution in [-0.4, -0.2) is 30.0 Å².